The molecule has 4 nitrogen and oxygen atoms in total. The maximum Gasteiger partial charge on any atom is 0.226 e. The summed E-state index contributed by atoms with van der Waals surface area (Å²) in [6.45, 7) is 1.15. The summed E-state index contributed by atoms with van der Waals surface area (Å²) in [6, 6.07) is 17.8. The van der Waals surface area contributed by atoms with Gasteiger partial charge in [0.25, 0.3) is 0 Å². The van der Waals surface area contributed by atoms with Gasteiger partial charge < -0.3 is 9.74 Å². The Morgan fingerprint density at radius 1 is 1.11 bits per heavy atom. The lowest BCUT2D eigenvalue weighted by Gasteiger charge is -2.32. The highest BCUT2D eigenvalue weighted by Gasteiger charge is 2.33. The Kier molecular flexibility index (Phi) is 5.44. The number of oxime groups is 1. The minimum absolute atomic E-state index is 0.135. The van der Waals surface area contributed by atoms with E-state index in [1.807, 2.05) is 47.4 Å². The number of amides is 1. The van der Waals surface area contributed by atoms with E-state index in [2.05, 4.69) is 17.3 Å². The molecule has 0 saturated heterocycles. The number of hydrogen-bond donors (Lipinski definition) is 0. The van der Waals surface area contributed by atoms with Gasteiger partial charge in [-0.2, -0.15) is 0 Å². The standard InChI is InChI=1S/C22H23ClN2O2/c23-20-12-5-4-11-19(20)21-13-18(27-24-21)15-25(22(26)17-9-6-10-17)14-16-7-2-1-3-8-16/h1-5,7-8,11-12,17-18H,6,9-10,13-15H2. The minimum atomic E-state index is -0.135. The fourth-order valence-electron chi connectivity index (χ4n) is 3.58. The third kappa shape index (κ3) is 4.16. The molecule has 4 rings (SSSR count). The highest BCUT2D eigenvalue weighted by molar-refractivity contribution is 6.34. The Morgan fingerprint density at radius 3 is 2.56 bits per heavy atom. The lowest BCUT2D eigenvalue weighted by atomic mass is 9.84. The van der Waals surface area contributed by atoms with Crippen LogP contribution >= 0.6 is 11.6 Å². The number of carbonyl (C=O) groups excluding carboxylic acids is 1. The Morgan fingerprint density at radius 2 is 1.85 bits per heavy atom. The van der Waals surface area contributed by atoms with Gasteiger partial charge in [-0.25, -0.2) is 0 Å². The van der Waals surface area contributed by atoms with Gasteiger partial charge in [-0.3, -0.25) is 4.79 Å². The fraction of sp³-hybridized carbons (Fsp3) is 0.364. The van der Waals surface area contributed by atoms with Crippen LogP contribution in [0.25, 0.3) is 0 Å². The summed E-state index contributed by atoms with van der Waals surface area (Å²) in [6.07, 6.45) is 3.67. The maximum atomic E-state index is 12.9. The number of carbonyl (C=O) groups is 1. The van der Waals surface area contributed by atoms with Gasteiger partial charge in [0.05, 0.1) is 12.3 Å². The monoisotopic (exact) mass is 382 g/mol. The average Bonchev–Trinajstić information content (AvgIpc) is 3.09. The summed E-state index contributed by atoms with van der Waals surface area (Å²) >= 11 is 6.28. The molecule has 0 radical (unpaired) electrons. The summed E-state index contributed by atoms with van der Waals surface area (Å²) in [5.41, 5.74) is 2.89. The molecule has 0 spiro atoms. The van der Waals surface area contributed by atoms with E-state index >= 15 is 0 Å². The molecule has 2 aromatic rings. The first-order valence-corrected chi connectivity index (χ1v) is 9.89. The van der Waals surface area contributed by atoms with Crippen LogP contribution in [0, 0.1) is 5.92 Å². The van der Waals surface area contributed by atoms with Gasteiger partial charge in [0.15, 0.2) is 6.10 Å². The van der Waals surface area contributed by atoms with Gasteiger partial charge in [-0.15, -0.1) is 0 Å². The van der Waals surface area contributed by atoms with Crippen LogP contribution in [0.4, 0.5) is 0 Å². The number of rotatable bonds is 6. The lowest BCUT2D eigenvalue weighted by molar-refractivity contribution is -0.140. The number of nitrogens with zero attached hydrogens (tertiary/aromatic N) is 2. The van der Waals surface area contributed by atoms with Crippen molar-refractivity contribution in [2.45, 2.75) is 38.3 Å². The van der Waals surface area contributed by atoms with Crippen LogP contribution in [-0.2, 0) is 16.2 Å². The van der Waals surface area contributed by atoms with Gasteiger partial charge in [0.2, 0.25) is 5.91 Å². The molecule has 5 heteroatoms. The largest absolute Gasteiger partial charge is 0.390 e. The Balaban J connectivity index is 1.44. The van der Waals surface area contributed by atoms with Crippen LogP contribution < -0.4 is 0 Å². The van der Waals surface area contributed by atoms with Gasteiger partial charge in [-0.05, 0) is 24.5 Å². The second kappa shape index (κ2) is 8.13. The fourth-order valence-corrected chi connectivity index (χ4v) is 3.82. The quantitative estimate of drug-likeness (QED) is 0.729. The van der Waals surface area contributed by atoms with Crippen LogP contribution in [0.1, 0.15) is 36.8 Å². The van der Waals surface area contributed by atoms with Crippen molar-refractivity contribution in [1.29, 1.82) is 0 Å². The highest BCUT2D eigenvalue weighted by Crippen LogP contribution is 2.30. The summed E-state index contributed by atoms with van der Waals surface area (Å²) < 4.78 is 0. The molecule has 1 amide bonds. The molecule has 1 aliphatic heterocycles. The molecule has 2 aliphatic rings. The molecule has 1 aliphatic carbocycles. The van der Waals surface area contributed by atoms with Crippen molar-refractivity contribution >= 4 is 23.2 Å². The third-order valence-electron chi connectivity index (χ3n) is 5.32. The van der Waals surface area contributed by atoms with Crippen molar-refractivity contribution in [1.82, 2.24) is 4.90 Å². The molecular formula is C22H23ClN2O2. The molecule has 140 valence electrons. The van der Waals surface area contributed by atoms with E-state index in [0.717, 1.165) is 36.1 Å². The van der Waals surface area contributed by atoms with Gasteiger partial charge in [0, 0.05) is 29.5 Å². The number of hydrogen-bond acceptors (Lipinski definition) is 3. The topological polar surface area (TPSA) is 41.9 Å². The Labute approximate surface area is 164 Å². The third-order valence-corrected chi connectivity index (χ3v) is 5.65. The highest BCUT2D eigenvalue weighted by atomic mass is 35.5. The van der Waals surface area contributed by atoms with Crippen molar-refractivity contribution in [2.75, 3.05) is 6.54 Å². The smallest absolute Gasteiger partial charge is 0.226 e. The van der Waals surface area contributed by atoms with E-state index in [1.54, 1.807) is 0 Å². The van der Waals surface area contributed by atoms with Crippen LogP contribution in [0.2, 0.25) is 5.02 Å². The van der Waals surface area contributed by atoms with Gasteiger partial charge >= 0.3 is 0 Å². The van der Waals surface area contributed by atoms with E-state index in [1.165, 1.54) is 0 Å². The second-order valence-corrected chi connectivity index (χ2v) is 7.69. The maximum absolute atomic E-state index is 12.9. The van der Waals surface area contributed by atoms with Crippen molar-refractivity contribution < 1.29 is 9.63 Å². The van der Waals surface area contributed by atoms with Crippen molar-refractivity contribution in [3.05, 3.63) is 70.7 Å². The molecule has 1 atom stereocenters. The Bertz CT molecular complexity index is 833. The molecule has 27 heavy (non-hydrogen) atoms. The first-order valence-electron chi connectivity index (χ1n) is 9.51. The predicted octanol–water partition coefficient (Wildman–Crippen LogP) is 4.66. The number of benzene rings is 2. The van der Waals surface area contributed by atoms with Crippen LogP contribution in [0.3, 0.4) is 0 Å². The summed E-state index contributed by atoms with van der Waals surface area (Å²) in [5.74, 6) is 0.402. The molecule has 2 aromatic carbocycles. The zero-order valence-electron chi connectivity index (χ0n) is 15.2. The van der Waals surface area contributed by atoms with Crippen LogP contribution in [0.15, 0.2) is 59.8 Å². The van der Waals surface area contributed by atoms with E-state index in [4.69, 9.17) is 16.4 Å². The minimum Gasteiger partial charge on any atom is -0.390 e. The number of halogens is 1. The van der Waals surface area contributed by atoms with Gasteiger partial charge in [0.1, 0.15) is 0 Å². The van der Waals surface area contributed by atoms with Crippen LogP contribution in [0.5, 0.6) is 0 Å². The summed E-state index contributed by atoms with van der Waals surface area (Å²) in [4.78, 5) is 20.5. The Hall–Kier alpha value is -2.33. The molecule has 0 aromatic heterocycles. The van der Waals surface area contributed by atoms with E-state index in [-0.39, 0.29) is 17.9 Å². The van der Waals surface area contributed by atoms with E-state index in [0.29, 0.717) is 24.5 Å². The molecule has 0 bridgehead atoms. The molecule has 0 N–H and O–H groups in total. The zero-order valence-corrected chi connectivity index (χ0v) is 15.9. The van der Waals surface area contributed by atoms with E-state index in [9.17, 15) is 4.79 Å². The normalized spacial score (nSPS) is 19.1. The lowest BCUT2D eigenvalue weighted by Crippen LogP contribution is -2.42. The molecule has 1 saturated carbocycles. The molecule has 1 fully saturated rings. The molecular weight excluding hydrogens is 360 g/mol. The van der Waals surface area contributed by atoms with Crippen molar-refractivity contribution in [2.24, 2.45) is 11.1 Å². The average molecular weight is 383 g/mol. The second-order valence-electron chi connectivity index (χ2n) is 7.28. The molecule has 1 heterocycles. The SMILES string of the molecule is O=C(C1CCC1)N(Cc1ccccc1)CC1CC(c2ccccc2Cl)=NO1. The van der Waals surface area contributed by atoms with Crippen LogP contribution in [-0.4, -0.2) is 29.2 Å². The van der Waals surface area contributed by atoms with Gasteiger partial charge in [-0.1, -0.05) is 71.7 Å². The zero-order chi connectivity index (χ0) is 18.6. The first kappa shape index (κ1) is 18.1. The predicted molar refractivity (Wildman–Crippen MR) is 107 cm³/mol. The summed E-state index contributed by atoms with van der Waals surface area (Å²) in [5, 5.41) is 4.91. The first-order chi connectivity index (χ1) is 13.2. The van der Waals surface area contributed by atoms with Crippen molar-refractivity contribution in [3.63, 3.8) is 0 Å². The van der Waals surface area contributed by atoms with Crippen molar-refractivity contribution in [3.8, 4) is 0 Å². The summed E-state index contributed by atoms with van der Waals surface area (Å²) in [7, 11) is 0. The van der Waals surface area contributed by atoms with E-state index < -0.39 is 0 Å². The molecule has 1 unspecified atom stereocenters.